The molecule has 13 rings (SSSR count). The Morgan fingerprint density at radius 1 is 0.273 bits per heavy atom. The van der Waals surface area contributed by atoms with Gasteiger partial charge in [0.05, 0.1) is 16.8 Å². The molecule has 0 N–H and O–H groups in total. The van der Waals surface area contributed by atoms with Gasteiger partial charge in [0.15, 0.2) is 0 Å². The molecular weight excluding hydrogens is 797 g/mol. The van der Waals surface area contributed by atoms with Gasteiger partial charge in [-0.05, 0) is 127 Å². The van der Waals surface area contributed by atoms with Gasteiger partial charge in [-0.3, -0.25) is 0 Å². The molecule has 1 spiro atoms. The first-order valence-electron chi connectivity index (χ1n) is 23.1. The van der Waals surface area contributed by atoms with E-state index in [1.165, 1.54) is 83.6 Å². The van der Waals surface area contributed by atoms with Crippen molar-refractivity contribution in [2.75, 3.05) is 9.80 Å². The molecule has 2 nitrogen and oxygen atoms in total. The van der Waals surface area contributed by atoms with E-state index >= 15 is 0 Å². The molecule has 3 aliphatic rings. The predicted molar refractivity (Wildman–Crippen MR) is 275 cm³/mol. The number of benzene rings is 10. The Balaban J connectivity index is 1.10. The van der Waals surface area contributed by atoms with Crippen LogP contribution in [-0.4, -0.2) is 0 Å². The summed E-state index contributed by atoms with van der Waals surface area (Å²) in [4.78, 5) is 4.95. The summed E-state index contributed by atoms with van der Waals surface area (Å²) < 4.78 is 0. The summed E-state index contributed by atoms with van der Waals surface area (Å²) in [6.07, 6.45) is 0. The van der Waals surface area contributed by atoms with Crippen molar-refractivity contribution in [2.45, 2.75) is 24.7 Å². The maximum Gasteiger partial charge on any atom is 0.0727 e. The second-order valence-corrected chi connectivity index (χ2v) is 18.4. The predicted octanol–water partition coefficient (Wildman–Crippen LogP) is 16.9. The number of anilines is 6. The van der Waals surface area contributed by atoms with Gasteiger partial charge in [0.1, 0.15) is 0 Å². The van der Waals surface area contributed by atoms with Gasteiger partial charge in [-0.25, -0.2) is 0 Å². The summed E-state index contributed by atoms with van der Waals surface area (Å²) in [6.45, 7) is 4.75. The molecule has 0 bridgehead atoms. The largest absolute Gasteiger partial charge is 0.310 e. The van der Waals surface area contributed by atoms with Crippen molar-refractivity contribution in [1.29, 1.82) is 0 Å². The first-order valence-corrected chi connectivity index (χ1v) is 23.1. The van der Waals surface area contributed by atoms with Crippen LogP contribution in [0.2, 0.25) is 0 Å². The van der Waals surface area contributed by atoms with Crippen molar-refractivity contribution in [3.8, 4) is 44.5 Å². The molecule has 0 amide bonds. The number of hydrogen-bond donors (Lipinski definition) is 0. The fourth-order valence-electron chi connectivity index (χ4n) is 11.9. The molecule has 0 radical (unpaired) electrons. The molecule has 10 aromatic rings. The molecule has 2 heteroatoms. The number of hydrogen-bond acceptors (Lipinski definition) is 2. The van der Waals surface area contributed by atoms with E-state index in [9.17, 15) is 0 Å². The lowest BCUT2D eigenvalue weighted by Gasteiger charge is -2.34. The van der Waals surface area contributed by atoms with E-state index in [0.29, 0.717) is 0 Å². The average molecular weight is 843 g/mol. The molecule has 1 atom stereocenters. The minimum atomic E-state index is -0.583. The van der Waals surface area contributed by atoms with E-state index in [2.05, 4.69) is 266 Å². The second-order valence-electron chi connectivity index (χ2n) is 18.4. The van der Waals surface area contributed by atoms with Crippen LogP contribution in [0.5, 0.6) is 0 Å². The molecule has 10 aromatic carbocycles. The first-order chi connectivity index (χ1) is 32.5. The molecule has 312 valence electrons. The summed E-state index contributed by atoms with van der Waals surface area (Å²) in [5, 5.41) is 0. The van der Waals surface area contributed by atoms with Gasteiger partial charge in [-0.15, -0.1) is 0 Å². The molecular formula is C64H46N2. The summed E-state index contributed by atoms with van der Waals surface area (Å²) >= 11 is 0. The van der Waals surface area contributed by atoms with Crippen LogP contribution in [0.3, 0.4) is 0 Å². The van der Waals surface area contributed by atoms with Crippen LogP contribution in [0.15, 0.2) is 243 Å². The van der Waals surface area contributed by atoms with Crippen molar-refractivity contribution >= 4 is 34.1 Å². The molecule has 3 aliphatic carbocycles. The van der Waals surface area contributed by atoms with Crippen LogP contribution in [-0.2, 0) is 10.8 Å². The Morgan fingerprint density at radius 3 is 1.29 bits per heavy atom. The van der Waals surface area contributed by atoms with Gasteiger partial charge in [-0.1, -0.05) is 196 Å². The summed E-state index contributed by atoms with van der Waals surface area (Å²) in [7, 11) is 0. The van der Waals surface area contributed by atoms with E-state index in [1.807, 2.05) is 0 Å². The van der Waals surface area contributed by atoms with Crippen LogP contribution >= 0.6 is 0 Å². The van der Waals surface area contributed by atoms with Gasteiger partial charge in [-0.2, -0.15) is 0 Å². The highest BCUT2D eigenvalue weighted by atomic mass is 15.2. The monoisotopic (exact) mass is 842 g/mol. The van der Waals surface area contributed by atoms with E-state index in [0.717, 1.165) is 28.4 Å². The van der Waals surface area contributed by atoms with E-state index < -0.39 is 5.41 Å². The van der Waals surface area contributed by atoms with Gasteiger partial charge in [0, 0.05) is 39.3 Å². The average Bonchev–Trinajstić information content (AvgIpc) is 3.93. The molecule has 0 heterocycles. The first kappa shape index (κ1) is 38.3. The minimum absolute atomic E-state index is 0.154. The van der Waals surface area contributed by atoms with Crippen LogP contribution in [0, 0.1) is 0 Å². The third-order valence-corrected chi connectivity index (χ3v) is 14.7. The van der Waals surface area contributed by atoms with Crippen molar-refractivity contribution in [3.05, 3.63) is 276 Å². The fraction of sp³-hybridized carbons (Fsp3) is 0.0625. The lowest BCUT2D eigenvalue weighted by molar-refractivity contribution is 0.660. The smallest absolute Gasteiger partial charge is 0.0727 e. The molecule has 0 fully saturated rings. The quantitative estimate of drug-likeness (QED) is 0.158. The third-order valence-electron chi connectivity index (χ3n) is 14.7. The topological polar surface area (TPSA) is 6.48 Å². The van der Waals surface area contributed by atoms with E-state index in [1.54, 1.807) is 0 Å². The van der Waals surface area contributed by atoms with Crippen LogP contribution in [0.1, 0.15) is 47.2 Å². The standard InChI is InChI=1S/C64H46N2/c1-63(2)54-31-16-14-30-53(54)62-57(63)34-20-36-61(62)66(60-35-19-15-27-48(60)43-21-6-3-7-22-43)47-38-40-52-50-29-13-18-33-56(50)64(59(52)42-47)55-32-17-12-28-49(55)51-39-37-46(41-58(51)64)65(44-23-8-4-9-24-44)45-25-10-5-11-26-45/h3-42H,1-2H3. The maximum atomic E-state index is 2.56. The Hall–Kier alpha value is -8.20. The van der Waals surface area contributed by atoms with Crippen LogP contribution in [0.25, 0.3) is 44.5 Å². The number of fused-ring (bicyclic) bond motifs is 13. The summed E-state index contributed by atoms with van der Waals surface area (Å²) in [5.41, 5.74) is 24.1. The molecule has 0 saturated heterocycles. The zero-order valence-corrected chi connectivity index (χ0v) is 37.0. The molecule has 0 aromatic heterocycles. The minimum Gasteiger partial charge on any atom is -0.310 e. The lowest BCUT2D eigenvalue weighted by Crippen LogP contribution is -2.26. The molecule has 0 saturated carbocycles. The van der Waals surface area contributed by atoms with Crippen LogP contribution < -0.4 is 9.80 Å². The zero-order chi connectivity index (χ0) is 44.0. The molecule has 0 aliphatic heterocycles. The normalized spacial score (nSPS) is 15.3. The van der Waals surface area contributed by atoms with E-state index in [4.69, 9.17) is 0 Å². The highest BCUT2D eigenvalue weighted by Gasteiger charge is 2.52. The Morgan fingerprint density at radius 2 is 0.697 bits per heavy atom. The lowest BCUT2D eigenvalue weighted by atomic mass is 9.70. The van der Waals surface area contributed by atoms with Gasteiger partial charge < -0.3 is 9.80 Å². The van der Waals surface area contributed by atoms with Crippen molar-refractivity contribution in [2.24, 2.45) is 0 Å². The van der Waals surface area contributed by atoms with Crippen LogP contribution in [0.4, 0.5) is 34.1 Å². The van der Waals surface area contributed by atoms with Crippen molar-refractivity contribution in [3.63, 3.8) is 0 Å². The third kappa shape index (κ3) is 5.42. The molecule has 1 unspecified atom stereocenters. The fourth-order valence-corrected chi connectivity index (χ4v) is 11.9. The maximum absolute atomic E-state index is 2.56. The zero-order valence-electron chi connectivity index (χ0n) is 37.0. The Kier molecular flexibility index (Phi) is 8.51. The van der Waals surface area contributed by atoms with Gasteiger partial charge >= 0.3 is 0 Å². The Labute approximate surface area is 387 Å². The number of nitrogens with zero attached hydrogens (tertiary/aromatic N) is 2. The van der Waals surface area contributed by atoms with Crippen molar-refractivity contribution in [1.82, 2.24) is 0 Å². The van der Waals surface area contributed by atoms with Crippen molar-refractivity contribution < 1.29 is 0 Å². The summed E-state index contributed by atoms with van der Waals surface area (Å²) in [6, 6.07) is 90.1. The number of para-hydroxylation sites is 3. The number of rotatable bonds is 7. The molecule has 66 heavy (non-hydrogen) atoms. The second kappa shape index (κ2) is 14.7. The highest BCUT2D eigenvalue weighted by molar-refractivity contribution is 6.01. The highest BCUT2D eigenvalue weighted by Crippen LogP contribution is 2.64. The van der Waals surface area contributed by atoms with Gasteiger partial charge in [0.25, 0.3) is 0 Å². The SMILES string of the molecule is CC1(C)c2ccccc2-c2c(N(c3ccc4c(c3)C3(c5ccccc5-c5ccc(N(c6ccccc6)c6ccccc6)cc53)c3ccccc3-4)c3ccccc3-c3ccccc3)cccc21. The van der Waals surface area contributed by atoms with E-state index in [-0.39, 0.29) is 5.41 Å². The summed E-state index contributed by atoms with van der Waals surface area (Å²) in [5.74, 6) is 0. The Bertz CT molecular complexity index is 3460. The van der Waals surface area contributed by atoms with Gasteiger partial charge in [0.2, 0.25) is 0 Å².